The third kappa shape index (κ3) is 2.49. The molecule has 0 aromatic heterocycles. The molecule has 0 aliphatic carbocycles. The average Bonchev–Trinajstić information content (AvgIpc) is 2.82. The fraction of sp³-hybridized carbons (Fsp3) is 0.909. The van der Waals surface area contributed by atoms with E-state index >= 15 is 0 Å². The van der Waals surface area contributed by atoms with Gasteiger partial charge in [-0.3, -0.25) is 9.69 Å². The van der Waals surface area contributed by atoms with Crippen molar-refractivity contribution in [3.05, 3.63) is 0 Å². The summed E-state index contributed by atoms with van der Waals surface area (Å²) in [5, 5.41) is 3.28. The lowest BCUT2D eigenvalue weighted by Gasteiger charge is -2.34. The van der Waals surface area contributed by atoms with Crippen molar-refractivity contribution in [2.45, 2.75) is 37.8 Å². The number of nitrogens with one attached hydrogen (secondary N) is 1. The van der Waals surface area contributed by atoms with Crippen LogP contribution in [-0.2, 0) is 9.53 Å². The van der Waals surface area contributed by atoms with Crippen LogP contribution in [0.25, 0.3) is 0 Å². The smallest absolute Gasteiger partial charge is 0.322 e. The molecular formula is C11H20N2O2. The zero-order valence-corrected chi connectivity index (χ0v) is 9.37. The number of rotatable bonds is 2. The second kappa shape index (κ2) is 4.94. The van der Waals surface area contributed by atoms with Crippen molar-refractivity contribution in [2.24, 2.45) is 0 Å². The summed E-state index contributed by atoms with van der Waals surface area (Å²) in [7, 11) is 1.45. The minimum Gasteiger partial charge on any atom is -0.468 e. The third-order valence-electron chi connectivity index (χ3n) is 3.53. The van der Waals surface area contributed by atoms with E-state index in [9.17, 15) is 4.79 Å². The number of ether oxygens (including phenoxy) is 1. The van der Waals surface area contributed by atoms with Crippen molar-refractivity contribution in [1.82, 2.24) is 10.2 Å². The van der Waals surface area contributed by atoms with Gasteiger partial charge in [-0.05, 0) is 38.8 Å². The lowest BCUT2D eigenvalue weighted by Crippen LogP contribution is -2.51. The van der Waals surface area contributed by atoms with E-state index in [2.05, 4.69) is 10.2 Å². The molecule has 0 aromatic carbocycles. The Morgan fingerprint density at radius 1 is 1.33 bits per heavy atom. The van der Waals surface area contributed by atoms with E-state index in [0.717, 1.165) is 19.4 Å². The number of carbonyl (C=O) groups is 1. The summed E-state index contributed by atoms with van der Waals surface area (Å²) in [6.07, 6.45) is 4.69. The van der Waals surface area contributed by atoms with Gasteiger partial charge in [-0.25, -0.2) is 0 Å². The number of hydrogen-bond acceptors (Lipinski definition) is 4. The van der Waals surface area contributed by atoms with Crippen molar-refractivity contribution in [2.75, 3.05) is 26.7 Å². The van der Waals surface area contributed by atoms with Gasteiger partial charge < -0.3 is 10.1 Å². The molecule has 2 rings (SSSR count). The van der Waals surface area contributed by atoms with E-state index in [1.54, 1.807) is 0 Å². The summed E-state index contributed by atoms with van der Waals surface area (Å²) in [6.45, 7) is 3.39. The third-order valence-corrected chi connectivity index (χ3v) is 3.53. The van der Waals surface area contributed by atoms with Gasteiger partial charge >= 0.3 is 5.97 Å². The molecule has 0 saturated carbocycles. The highest BCUT2D eigenvalue weighted by molar-refractivity contribution is 5.75. The number of nitrogens with zero attached hydrogens (tertiary/aromatic N) is 1. The Morgan fingerprint density at radius 3 is 2.60 bits per heavy atom. The molecule has 0 radical (unpaired) electrons. The molecule has 2 atom stereocenters. The van der Waals surface area contributed by atoms with E-state index in [-0.39, 0.29) is 12.0 Å². The van der Waals surface area contributed by atoms with Gasteiger partial charge in [-0.15, -0.1) is 0 Å². The molecule has 0 bridgehead atoms. The number of carbonyl (C=O) groups excluding carboxylic acids is 1. The normalized spacial score (nSPS) is 32.9. The monoisotopic (exact) mass is 212 g/mol. The Hall–Kier alpha value is -0.610. The van der Waals surface area contributed by atoms with Crippen molar-refractivity contribution in [1.29, 1.82) is 0 Å². The van der Waals surface area contributed by atoms with Crippen molar-refractivity contribution in [3.63, 3.8) is 0 Å². The maximum atomic E-state index is 11.3. The quantitative estimate of drug-likeness (QED) is 0.672. The fourth-order valence-corrected chi connectivity index (χ4v) is 2.60. The van der Waals surface area contributed by atoms with E-state index in [1.165, 1.54) is 33.0 Å². The predicted octanol–water partition coefficient (Wildman–Crippen LogP) is 0.376. The molecule has 2 heterocycles. The largest absolute Gasteiger partial charge is 0.468 e. The molecule has 4 heteroatoms. The Balaban J connectivity index is 1.78. The van der Waals surface area contributed by atoms with E-state index in [4.69, 9.17) is 4.74 Å². The molecule has 4 nitrogen and oxygen atoms in total. The van der Waals surface area contributed by atoms with Gasteiger partial charge in [0.25, 0.3) is 0 Å². The molecule has 2 unspecified atom stereocenters. The van der Waals surface area contributed by atoms with Crippen LogP contribution in [0, 0.1) is 0 Å². The number of esters is 1. The zero-order chi connectivity index (χ0) is 10.7. The van der Waals surface area contributed by atoms with Gasteiger partial charge in [-0.1, -0.05) is 0 Å². The molecule has 1 N–H and O–H groups in total. The van der Waals surface area contributed by atoms with Gasteiger partial charge in [-0.2, -0.15) is 0 Å². The van der Waals surface area contributed by atoms with Crippen LogP contribution in [-0.4, -0.2) is 49.7 Å². The van der Waals surface area contributed by atoms with E-state index < -0.39 is 0 Å². The zero-order valence-electron chi connectivity index (χ0n) is 9.37. The summed E-state index contributed by atoms with van der Waals surface area (Å²) in [5.41, 5.74) is 0. The standard InChI is InChI=1S/C11H20N2O2/c1-15-11(14)10-5-4-9(8-12-10)13-6-2-3-7-13/h9-10,12H,2-8H2,1H3. The molecule has 15 heavy (non-hydrogen) atoms. The van der Waals surface area contributed by atoms with Gasteiger partial charge in [0.05, 0.1) is 7.11 Å². The minimum absolute atomic E-state index is 0.0751. The highest BCUT2D eigenvalue weighted by atomic mass is 16.5. The first-order valence-corrected chi connectivity index (χ1v) is 5.86. The summed E-state index contributed by atoms with van der Waals surface area (Å²) in [6, 6.07) is 0.558. The van der Waals surface area contributed by atoms with Crippen LogP contribution in [0.4, 0.5) is 0 Å². The molecule has 2 saturated heterocycles. The lowest BCUT2D eigenvalue weighted by molar-refractivity contribution is -0.144. The molecule has 2 fully saturated rings. The SMILES string of the molecule is COC(=O)C1CCC(N2CCCC2)CN1. The molecule has 0 spiro atoms. The number of likely N-dealkylation sites (tertiary alicyclic amines) is 1. The first kappa shape index (κ1) is 10.9. The van der Waals surface area contributed by atoms with Gasteiger partial charge in [0.1, 0.15) is 6.04 Å². The second-order valence-electron chi connectivity index (χ2n) is 4.46. The highest BCUT2D eigenvalue weighted by Crippen LogP contribution is 2.19. The highest BCUT2D eigenvalue weighted by Gasteiger charge is 2.30. The molecule has 0 amide bonds. The topological polar surface area (TPSA) is 41.6 Å². The number of piperidine rings is 1. The Labute approximate surface area is 91.0 Å². The van der Waals surface area contributed by atoms with E-state index in [0.29, 0.717) is 6.04 Å². The van der Waals surface area contributed by atoms with Crippen LogP contribution in [0.1, 0.15) is 25.7 Å². The van der Waals surface area contributed by atoms with Crippen LogP contribution in [0.5, 0.6) is 0 Å². The average molecular weight is 212 g/mol. The van der Waals surface area contributed by atoms with E-state index in [1.807, 2.05) is 0 Å². The predicted molar refractivity (Wildman–Crippen MR) is 57.6 cm³/mol. The number of hydrogen-bond donors (Lipinski definition) is 1. The Kier molecular flexibility index (Phi) is 3.59. The maximum absolute atomic E-state index is 11.3. The molecule has 2 aliphatic rings. The van der Waals surface area contributed by atoms with Gasteiger partial charge in [0.2, 0.25) is 0 Å². The van der Waals surface area contributed by atoms with Crippen molar-refractivity contribution >= 4 is 5.97 Å². The molecule has 0 aromatic rings. The second-order valence-corrected chi connectivity index (χ2v) is 4.46. The molecular weight excluding hydrogens is 192 g/mol. The lowest BCUT2D eigenvalue weighted by atomic mass is 10.00. The Morgan fingerprint density at radius 2 is 2.07 bits per heavy atom. The summed E-state index contributed by atoms with van der Waals surface area (Å²) in [4.78, 5) is 13.8. The summed E-state index contributed by atoms with van der Waals surface area (Å²) >= 11 is 0. The first-order chi connectivity index (χ1) is 7.31. The van der Waals surface area contributed by atoms with Gasteiger partial charge in [0, 0.05) is 12.6 Å². The van der Waals surface area contributed by atoms with Crippen LogP contribution in [0.15, 0.2) is 0 Å². The van der Waals surface area contributed by atoms with Crippen LogP contribution in [0.3, 0.4) is 0 Å². The fourth-order valence-electron chi connectivity index (χ4n) is 2.60. The first-order valence-electron chi connectivity index (χ1n) is 5.86. The van der Waals surface area contributed by atoms with Crippen LogP contribution < -0.4 is 5.32 Å². The Bertz CT molecular complexity index is 219. The van der Waals surface area contributed by atoms with Gasteiger partial charge in [0.15, 0.2) is 0 Å². The van der Waals surface area contributed by atoms with Crippen LogP contribution in [0.2, 0.25) is 0 Å². The number of methoxy groups -OCH3 is 1. The summed E-state index contributed by atoms with van der Waals surface area (Å²) < 4.78 is 4.74. The summed E-state index contributed by atoms with van der Waals surface area (Å²) in [5.74, 6) is -0.116. The minimum atomic E-state index is -0.116. The molecule has 86 valence electrons. The molecule has 2 aliphatic heterocycles. The van der Waals surface area contributed by atoms with Crippen LogP contribution >= 0.6 is 0 Å². The maximum Gasteiger partial charge on any atom is 0.322 e. The van der Waals surface area contributed by atoms with Crippen molar-refractivity contribution < 1.29 is 9.53 Å². The van der Waals surface area contributed by atoms with Crippen molar-refractivity contribution in [3.8, 4) is 0 Å².